The van der Waals surface area contributed by atoms with Crippen molar-refractivity contribution >= 4 is 17.0 Å². The molecule has 1 N–H and O–H groups in total. The van der Waals surface area contributed by atoms with E-state index >= 15 is 0 Å². The van der Waals surface area contributed by atoms with Crippen LogP contribution < -0.4 is 10.2 Å². The van der Waals surface area contributed by atoms with Gasteiger partial charge >= 0.3 is 0 Å². The van der Waals surface area contributed by atoms with Gasteiger partial charge < -0.3 is 10.2 Å². The minimum absolute atomic E-state index is 0.573. The van der Waals surface area contributed by atoms with Crippen LogP contribution in [0.4, 0.5) is 5.82 Å². The number of fused-ring (bicyclic) bond motifs is 1. The van der Waals surface area contributed by atoms with E-state index in [-0.39, 0.29) is 0 Å². The molecule has 7 nitrogen and oxygen atoms in total. The fourth-order valence-electron chi connectivity index (χ4n) is 2.95. The summed E-state index contributed by atoms with van der Waals surface area (Å²) in [7, 11) is 1.58. The molecule has 0 aliphatic carbocycles. The lowest BCUT2D eigenvalue weighted by Crippen LogP contribution is -2.08. The lowest BCUT2D eigenvalue weighted by atomic mass is 10.1. The van der Waals surface area contributed by atoms with Crippen LogP contribution in [0, 0.1) is 13.8 Å². The molecule has 0 aliphatic rings. The molecule has 1 aromatic carbocycles. The first-order chi connectivity index (χ1) is 13.1. The van der Waals surface area contributed by atoms with E-state index in [1.54, 1.807) is 25.8 Å². The Labute approximate surface area is 157 Å². The van der Waals surface area contributed by atoms with Gasteiger partial charge in [0, 0.05) is 24.5 Å². The maximum atomic E-state index is 5.34. The number of nitrogens with zero attached hydrogens (tertiary/aromatic N) is 5. The van der Waals surface area contributed by atoms with Crippen molar-refractivity contribution < 1.29 is 4.84 Å². The highest BCUT2D eigenvalue weighted by atomic mass is 16.6. The second-order valence-corrected chi connectivity index (χ2v) is 6.41. The van der Waals surface area contributed by atoms with E-state index in [1.807, 2.05) is 19.1 Å². The van der Waals surface area contributed by atoms with E-state index < -0.39 is 0 Å². The fourth-order valence-corrected chi connectivity index (χ4v) is 2.95. The van der Waals surface area contributed by atoms with Gasteiger partial charge in [-0.25, -0.2) is 15.0 Å². The Morgan fingerprint density at radius 3 is 2.74 bits per heavy atom. The summed E-state index contributed by atoms with van der Waals surface area (Å²) in [6, 6.07) is 10.4. The lowest BCUT2D eigenvalue weighted by Gasteiger charge is -2.10. The summed E-state index contributed by atoms with van der Waals surface area (Å²) in [5.41, 5.74) is 5.55. The van der Waals surface area contributed by atoms with Gasteiger partial charge in [0.05, 0.1) is 0 Å². The minimum Gasteiger partial charge on any atom is -0.414 e. The number of rotatable bonds is 5. The molecule has 3 heterocycles. The molecule has 0 bridgehead atoms. The van der Waals surface area contributed by atoms with Gasteiger partial charge in [-0.3, -0.25) is 4.98 Å². The summed E-state index contributed by atoms with van der Waals surface area (Å²) in [6.45, 7) is 4.71. The molecule has 0 saturated carbocycles. The number of anilines is 1. The Kier molecular flexibility index (Phi) is 4.42. The van der Waals surface area contributed by atoms with E-state index in [4.69, 9.17) is 9.82 Å². The first kappa shape index (κ1) is 17.0. The standard InChI is InChI=1S/C20H20N6O/c1-13-5-4-6-15(7-13)10-22-19-17-20(26(27-3)12-23-17)25-18(24-19)16-8-14(2)9-21-11-16/h4-9,11-12H,10H2,1-3H3,(H,22,24,25). The maximum absolute atomic E-state index is 5.34. The highest BCUT2D eigenvalue weighted by Gasteiger charge is 2.15. The van der Waals surface area contributed by atoms with Gasteiger partial charge in [-0.15, -0.1) is 0 Å². The summed E-state index contributed by atoms with van der Waals surface area (Å²) in [5, 5.41) is 3.39. The van der Waals surface area contributed by atoms with Crippen LogP contribution in [0.3, 0.4) is 0 Å². The summed E-state index contributed by atoms with van der Waals surface area (Å²) in [6.07, 6.45) is 5.15. The Bertz CT molecular complexity index is 1100. The van der Waals surface area contributed by atoms with Crippen LogP contribution in [0.2, 0.25) is 0 Å². The minimum atomic E-state index is 0.573. The molecule has 136 valence electrons. The van der Waals surface area contributed by atoms with Crippen molar-refractivity contribution in [2.75, 3.05) is 12.4 Å². The molecule has 0 fully saturated rings. The normalized spacial score (nSPS) is 10.9. The molecule has 0 amide bonds. The smallest absolute Gasteiger partial charge is 0.201 e. The Morgan fingerprint density at radius 2 is 1.96 bits per heavy atom. The summed E-state index contributed by atoms with van der Waals surface area (Å²) < 4.78 is 1.53. The summed E-state index contributed by atoms with van der Waals surface area (Å²) in [5.74, 6) is 1.23. The molecule has 7 heteroatoms. The van der Waals surface area contributed by atoms with Gasteiger partial charge in [-0.2, -0.15) is 4.73 Å². The number of hydrogen-bond donors (Lipinski definition) is 1. The molecule has 0 unspecified atom stereocenters. The van der Waals surface area contributed by atoms with E-state index in [2.05, 4.69) is 45.4 Å². The molecule has 0 aliphatic heterocycles. The number of aromatic nitrogens is 5. The van der Waals surface area contributed by atoms with Gasteiger partial charge in [0.25, 0.3) is 0 Å². The molecule has 0 atom stereocenters. The highest BCUT2D eigenvalue weighted by Crippen LogP contribution is 2.24. The molecular weight excluding hydrogens is 340 g/mol. The zero-order chi connectivity index (χ0) is 18.8. The molecule has 0 saturated heterocycles. The predicted octanol–water partition coefficient (Wildman–Crippen LogP) is 3.18. The first-order valence-electron chi connectivity index (χ1n) is 8.65. The third-order valence-electron chi connectivity index (χ3n) is 4.24. The molecule has 3 aromatic heterocycles. The molecule has 4 aromatic rings. The Balaban J connectivity index is 1.77. The monoisotopic (exact) mass is 360 g/mol. The van der Waals surface area contributed by atoms with Crippen molar-refractivity contribution in [3.05, 3.63) is 65.7 Å². The average Bonchev–Trinajstić information content (AvgIpc) is 3.09. The number of nitrogens with one attached hydrogen (secondary N) is 1. The number of imidazole rings is 1. The topological polar surface area (TPSA) is 77.8 Å². The molecule has 4 rings (SSSR count). The van der Waals surface area contributed by atoms with Gasteiger partial charge in [0.15, 0.2) is 17.2 Å². The number of hydrogen-bond acceptors (Lipinski definition) is 6. The molecule has 0 radical (unpaired) electrons. The SMILES string of the molecule is COn1cnc2c(NCc3cccc(C)c3)nc(-c3cncc(C)c3)nc21. The first-order valence-corrected chi connectivity index (χ1v) is 8.65. The lowest BCUT2D eigenvalue weighted by molar-refractivity contribution is 0.176. The third kappa shape index (κ3) is 3.44. The fraction of sp³-hybridized carbons (Fsp3) is 0.200. The number of benzene rings is 1. The zero-order valence-corrected chi connectivity index (χ0v) is 15.5. The van der Waals surface area contributed by atoms with Gasteiger partial charge in [0.2, 0.25) is 5.65 Å². The van der Waals surface area contributed by atoms with Crippen molar-refractivity contribution in [3.63, 3.8) is 0 Å². The molecule has 0 spiro atoms. The van der Waals surface area contributed by atoms with Crippen LogP contribution >= 0.6 is 0 Å². The highest BCUT2D eigenvalue weighted by molar-refractivity contribution is 5.84. The molecular formula is C20H20N6O. The second kappa shape index (κ2) is 7.03. The van der Waals surface area contributed by atoms with Crippen LogP contribution in [0.5, 0.6) is 0 Å². The second-order valence-electron chi connectivity index (χ2n) is 6.41. The Morgan fingerprint density at radius 1 is 1.07 bits per heavy atom. The van der Waals surface area contributed by atoms with Crippen LogP contribution in [-0.2, 0) is 6.54 Å². The van der Waals surface area contributed by atoms with Crippen LogP contribution in [0.15, 0.2) is 49.1 Å². The van der Waals surface area contributed by atoms with Crippen molar-refractivity contribution in [1.29, 1.82) is 0 Å². The van der Waals surface area contributed by atoms with E-state index in [0.717, 1.165) is 11.1 Å². The summed E-state index contributed by atoms with van der Waals surface area (Å²) >= 11 is 0. The van der Waals surface area contributed by atoms with E-state index in [1.165, 1.54) is 15.9 Å². The quantitative estimate of drug-likeness (QED) is 0.589. The Hall–Kier alpha value is -3.48. The van der Waals surface area contributed by atoms with Gasteiger partial charge in [0.1, 0.15) is 13.4 Å². The zero-order valence-electron chi connectivity index (χ0n) is 15.5. The largest absolute Gasteiger partial charge is 0.414 e. The van der Waals surface area contributed by atoms with Crippen molar-refractivity contribution in [3.8, 4) is 11.4 Å². The number of pyridine rings is 1. The van der Waals surface area contributed by atoms with Crippen molar-refractivity contribution in [2.24, 2.45) is 0 Å². The van der Waals surface area contributed by atoms with Gasteiger partial charge in [-0.05, 0) is 31.0 Å². The van der Waals surface area contributed by atoms with Crippen LogP contribution in [0.1, 0.15) is 16.7 Å². The molecule has 27 heavy (non-hydrogen) atoms. The number of aryl methyl sites for hydroxylation is 2. The average molecular weight is 360 g/mol. The predicted molar refractivity (Wildman–Crippen MR) is 104 cm³/mol. The van der Waals surface area contributed by atoms with Crippen LogP contribution in [-0.4, -0.2) is 31.8 Å². The van der Waals surface area contributed by atoms with Crippen molar-refractivity contribution in [2.45, 2.75) is 20.4 Å². The maximum Gasteiger partial charge on any atom is 0.201 e. The van der Waals surface area contributed by atoms with Gasteiger partial charge in [-0.1, -0.05) is 29.8 Å². The third-order valence-corrected chi connectivity index (χ3v) is 4.24. The summed E-state index contributed by atoms with van der Waals surface area (Å²) in [4.78, 5) is 23.3. The van der Waals surface area contributed by atoms with Crippen molar-refractivity contribution in [1.82, 2.24) is 24.7 Å². The van der Waals surface area contributed by atoms with E-state index in [0.29, 0.717) is 29.4 Å². The van der Waals surface area contributed by atoms with E-state index in [9.17, 15) is 0 Å². The van der Waals surface area contributed by atoms with Crippen LogP contribution in [0.25, 0.3) is 22.6 Å².